The summed E-state index contributed by atoms with van der Waals surface area (Å²) in [4.78, 5) is 4.54. The van der Waals surface area contributed by atoms with Gasteiger partial charge in [0.25, 0.3) is 0 Å². The third-order valence-corrected chi connectivity index (χ3v) is 5.65. The molecule has 0 bridgehead atoms. The normalized spacial score (nSPS) is 13.2. The summed E-state index contributed by atoms with van der Waals surface area (Å²) in [5, 5.41) is 13.9. The number of nitrogens with one attached hydrogen (secondary N) is 1. The quantitative estimate of drug-likeness (QED) is 0.376. The van der Waals surface area contributed by atoms with Crippen molar-refractivity contribution in [1.29, 1.82) is 0 Å². The van der Waals surface area contributed by atoms with Crippen LogP contribution in [-0.2, 0) is 6.42 Å². The van der Waals surface area contributed by atoms with E-state index in [2.05, 4.69) is 65.3 Å². The molecule has 2 heterocycles. The number of ether oxygens (including phenoxy) is 1. The molecular weight excluding hydrogens is 398 g/mol. The largest absolute Gasteiger partial charge is 0.493 e. The monoisotopic (exact) mass is 433 g/mol. The molecule has 32 heavy (non-hydrogen) atoms. The van der Waals surface area contributed by atoms with Gasteiger partial charge in [-0.25, -0.2) is 4.98 Å². The molecule has 2 N–H and O–H groups in total. The van der Waals surface area contributed by atoms with Gasteiger partial charge in [-0.2, -0.15) is 0 Å². The van der Waals surface area contributed by atoms with E-state index in [1.165, 1.54) is 5.57 Å². The van der Waals surface area contributed by atoms with Gasteiger partial charge >= 0.3 is 0 Å². The van der Waals surface area contributed by atoms with Gasteiger partial charge in [0, 0.05) is 42.9 Å². The molecule has 5 heteroatoms. The van der Waals surface area contributed by atoms with E-state index in [4.69, 9.17) is 4.74 Å². The van der Waals surface area contributed by atoms with Gasteiger partial charge in [-0.05, 0) is 61.2 Å². The van der Waals surface area contributed by atoms with E-state index < -0.39 is 0 Å². The first kappa shape index (κ1) is 23.6. The Morgan fingerprint density at radius 1 is 1.22 bits per heavy atom. The van der Waals surface area contributed by atoms with Crippen molar-refractivity contribution in [2.24, 2.45) is 5.92 Å². The number of pyridine rings is 1. The molecular formula is C27H35N3O2. The number of hydrogen-bond acceptors (Lipinski definition) is 4. The van der Waals surface area contributed by atoms with Crippen LogP contribution in [0, 0.1) is 5.92 Å². The molecule has 3 aromatic rings. The number of fused-ring (bicyclic) bond motifs is 1. The lowest BCUT2D eigenvalue weighted by atomic mass is 9.92. The highest BCUT2D eigenvalue weighted by molar-refractivity contribution is 5.82. The van der Waals surface area contributed by atoms with Crippen LogP contribution in [0.1, 0.15) is 38.9 Å². The fourth-order valence-corrected chi connectivity index (χ4v) is 4.02. The molecule has 5 nitrogen and oxygen atoms in total. The Labute approximate surface area is 191 Å². The van der Waals surface area contributed by atoms with Crippen molar-refractivity contribution in [2.45, 2.75) is 39.7 Å². The Kier molecular flexibility index (Phi) is 8.51. The number of aromatic nitrogens is 2. The third-order valence-electron chi connectivity index (χ3n) is 5.65. The fraction of sp³-hybridized carbons (Fsp3) is 0.370. The van der Waals surface area contributed by atoms with Crippen molar-refractivity contribution in [3.05, 3.63) is 78.2 Å². The summed E-state index contributed by atoms with van der Waals surface area (Å²) in [5.74, 6) is 2.11. The summed E-state index contributed by atoms with van der Waals surface area (Å²) < 4.78 is 8.29. The van der Waals surface area contributed by atoms with Crippen LogP contribution in [-0.4, -0.2) is 34.9 Å². The average molecular weight is 434 g/mol. The Bertz CT molecular complexity index is 1070. The maximum Gasteiger partial charge on any atom is 0.125 e. The second-order valence-electron chi connectivity index (χ2n) is 8.18. The van der Waals surface area contributed by atoms with Crippen LogP contribution in [0.5, 0.6) is 5.75 Å². The Balaban J connectivity index is 1.78. The molecule has 170 valence electrons. The molecule has 0 spiro atoms. The van der Waals surface area contributed by atoms with Crippen LogP contribution in [0.3, 0.4) is 0 Å². The van der Waals surface area contributed by atoms with Gasteiger partial charge in [0.1, 0.15) is 11.6 Å². The van der Waals surface area contributed by atoms with Crippen LogP contribution in [0.15, 0.2) is 72.5 Å². The van der Waals surface area contributed by atoms with E-state index in [1.54, 1.807) is 0 Å². The first-order chi connectivity index (χ1) is 15.6. The second-order valence-corrected chi connectivity index (χ2v) is 8.18. The van der Waals surface area contributed by atoms with Crippen molar-refractivity contribution >= 4 is 16.7 Å². The van der Waals surface area contributed by atoms with E-state index in [0.717, 1.165) is 34.6 Å². The Hall–Kier alpha value is -3.05. The lowest BCUT2D eigenvalue weighted by Gasteiger charge is -2.25. The van der Waals surface area contributed by atoms with E-state index in [0.29, 0.717) is 18.9 Å². The van der Waals surface area contributed by atoms with Gasteiger partial charge < -0.3 is 19.7 Å². The maximum absolute atomic E-state index is 9.74. The van der Waals surface area contributed by atoms with Crippen molar-refractivity contribution in [3.63, 3.8) is 0 Å². The zero-order valence-electron chi connectivity index (χ0n) is 19.6. The standard InChI is InChI=1S/C27H35N3O2/c1-5-6-9-24(20(2)3)26(14-17-31)30-16-13-21-19-23(11-12-25(21)30)32-18-15-22-8-7-10-27(28-4)29-22/h5-13,16,19-20,26,31H,14-15,17-18H2,1-4H3,(H,28,29)/b6-5-,24-9+. The molecule has 1 aromatic carbocycles. The number of benzene rings is 1. The first-order valence-electron chi connectivity index (χ1n) is 11.4. The fourth-order valence-electron chi connectivity index (χ4n) is 4.02. The molecule has 0 fully saturated rings. The van der Waals surface area contributed by atoms with Crippen molar-refractivity contribution in [2.75, 3.05) is 25.6 Å². The van der Waals surface area contributed by atoms with Crippen molar-refractivity contribution in [1.82, 2.24) is 9.55 Å². The van der Waals surface area contributed by atoms with Gasteiger partial charge in [0.15, 0.2) is 0 Å². The zero-order valence-corrected chi connectivity index (χ0v) is 19.6. The Morgan fingerprint density at radius 2 is 2.06 bits per heavy atom. The number of allylic oxidation sites excluding steroid dienone is 4. The number of hydrogen-bond donors (Lipinski definition) is 2. The average Bonchev–Trinajstić information content (AvgIpc) is 3.21. The lowest BCUT2D eigenvalue weighted by molar-refractivity contribution is 0.265. The number of aliphatic hydroxyl groups excluding tert-OH is 1. The molecule has 0 saturated heterocycles. The van der Waals surface area contributed by atoms with Gasteiger partial charge in [-0.15, -0.1) is 0 Å². The number of rotatable bonds is 11. The molecule has 2 aromatic heterocycles. The van der Waals surface area contributed by atoms with Crippen LogP contribution in [0.2, 0.25) is 0 Å². The summed E-state index contributed by atoms with van der Waals surface area (Å²) in [6.07, 6.45) is 9.86. The highest BCUT2D eigenvalue weighted by Gasteiger charge is 2.20. The van der Waals surface area contributed by atoms with E-state index in [1.807, 2.05) is 44.3 Å². The minimum atomic E-state index is 0.117. The molecule has 0 aliphatic rings. The minimum Gasteiger partial charge on any atom is -0.493 e. The van der Waals surface area contributed by atoms with Crippen LogP contribution in [0.25, 0.3) is 10.9 Å². The van der Waals surface area contributed by atoms with Crippen LogP contribution < -0.4 is 10.1 Å². The summed E-state index contributed by atoms with van der Waals surface area (Å²) in [7, 11) is 1.87. The SMILES string of the molecule is C/C=C\C=C(/C(C)C)C(CCO)n1ccc2cc(OCCc3cccc(NC)n3)ccc21. The third kappa shape index (κ3) is 5.80. The highest BCUT2D eigenvalue weighted by Crippen LogP contribution is 2.33. The second kappa shape index (κ2) is 11.5. The molecule has 0 saturated carbocycles. The summed E-state index contributed by atoms with van der Waals surface area (Å²) in [5.41, 5.74) is 3.46. The molecule has 0 aliphatic heterocycles. The van der Waals surface area contributed by atoms with E-state index >= 15 is 0 Å². The summed E-state index contributed by atoms with van der Waals surface area (Å²) >= 11 is 0. The van der Waals surface area contributed by atoms with E-state index in [9.17, 15) is 5.11 Å². The predicted molar refractivity (Wildman–Crippen MR) is 133 cm³/mol. The molecule has 1 unspecified atom stereocenters. The smallest absolute Gasteiger partial charge is 0.125 e. The Morgan fingerprint density at radius 3 is 2.78 bits per heavy atom. The number of aliphatic hydroxyl groups is 1. The van der Waals surface area contributed by atoms with Gasteiger partial charge in [0.05, 0.1) is 12.6 Å². The van der Waals surface area contributed by atoms with Gasteiger partial charge in [-0.3, -0.25) is 0 Å². The van der Waals surface area contributed by atoms with Crippen LogP contribution >= 0.6 is 0 Å². The molecule has 3 rings (SSSR count). The molecule has 0 radical (unpaired) electrons. The number of anilines is 1. The topological polar surface area (TPSA) is 59.3 Å². The predicted octanol–water partition coefficient (Wildman–Crippen LogP) is 5.78. The number of nitrogens with zero attached hydrogens (tertiary/aromatic N) is 2. The summed E-state index contributed by atoms with van der Waals surface area (Å²) in [6, 6.07) is 14.4. The maximum atomic E-state index is 9.74. The molecule has 0 amide bonds. The summed E-state index contributed by atoms with van der Waals surface area (Å²) in [6.45, 7) is 7.16. The zero-order chi connectivity index (χ0) is 22.9. The van der Waals surface area contributed by atoms with Gasteiger partial charge in [-0.1, -0.05) is 38.1 Å². The minimum absolute atomic E-state index is 0.117. The first-order valence-corrected chi connectivity index (χ1v) is 11.4. The van der Waals surface area contributed by atoms with Crippen molar-refractivity contribution < 1.29 is 9.84 Å². The van der Waals surface area contributed by atoms with Gasteiger partial charge in [0.2, 0.25) is 0 Å². The van der Waals surface area contributed by atoms with Crippen LogP contribution in [0.4, 0.5) is 5.82 Å². The van der Waals surface area contributed by atoms with E-state index in [-0.39, 0.29) is 12.6 Å². The van der Waals surface area contributed by atoms with Crippen molar-refractivity contribution in [3.8, 4) is 5.75 Å². The molecule has 0 aliphatic carbocycles. The molecule has 1 atom stereocenters. The highest BCUT2D eigenvalue weighted by atomic mass is 16.5. The lowest BCUT2D eigenvalue weighted by Crippen LogP contribution is -2.16.